The maximum absolute atomic E-state index is 13.3. The number of rotatable bonds is 3. The van der Waals surface area contributed by atoms with Gasteiger partial charge in [0.05, 0.1) is 15.1 Å². The van der Waals surface area contributed by atoms with Crippen LogP contribution in [0, 0.1) is 5.82 Å². The molecule has 5 heteroatoms. The summed E-state index contributed by atoms with van der Waals surface area (Å²) in [6.07, 6.45) is 0.0834. The van der Waals surface area contributed by atoms with E-state index in [4.69, 9.17) is 34.8 Å². The number of Topliss-reactive ketones (excluding diaryl/α,β-unsaturated/α-hetero) is 1. The lowest BCUT2D eigenvalue weighted by Crippen LogP contribution is -2.05. The van der Waals surface area contributed by atoms with Gasteiger partial charge < -0.3 is 0 Å². The Balaban J connectivity index is 2.26. The quantitative estimate of drug-likeness (QED) is 0.710. The van der Waals surface area contributed by atoms with Crippen LogP contribution in [-0.4, -0.2) is 5.78 Å². The van der Waals surface area contributed by atoms with Crippen LogP contribution in [0.25, 0.3) is 0 Å². The summed E-state index contributed by atoms with van der Waals surface area (Å²) in [6.45, 7) is 0. The van der Waals surface area contributed by atoms with Crippen molar-refractivity contribution in [2.45, 2.75) is 6.42 Å². The van der Waals surface area contributed by atoms with Crippen molar-refractivity contribution in [3.8, 4) is 0 Å². The molecular formula is C14H8Cl3FO. The molecule has 2 rings (SSSR count). The highest BCUT2D eigenvalue weighted by atomic mass is 35.5. The second-order valence-corrected chi connectivity index (χ2v) is 5.14. The minimum atomic E-state index is -0.610. The van der Waals surface area contributed by atoms with Crippen molar-refractivity contribution < 1.29 is 9.18 Å². The Kier molecular flexibility index (Phi) is 4.46. The zero-order valence-corrected chi connectivity index (χ0v) is 11.9. The number of ketones is 1. The van der Waals surface area contributed by atoms with Gasteiger partial charge in [-0.3, -0.25) is 4.79 Å². The van der Waals surface area contributed by atoms with E-state index in [1.807, 2.05) is 0 Å². The van der Waals surface area contributed by atoms with Gasteiger partial charge in [-0.25, -0.2) is 4.39 Å². The number of halogens is 4. The lowest BCUT2D eigenvalue weighted by molar-refractivity contribution is 0.0992. The van der Waals surface area contributed by atoms with E-state index in [2.05, 4.69) is 0 Å². The fourth-order valence-electron chi connectivity index (χ4n) is 1.65. The number of hydrogen-bond acceptors (Lipinski definition) is 1. The molecule has 19 heavy (non-hydrogen) atoms. The van der Waals surface area contributed by atoms with Gasteiger partial charge in [-0.05, 0) is 29.8 Å². The van der Waals surface area contributed by atoms with Crippen LogP contribution in [0.15, 0.2) is 36.4 Å². The molecule has 0 bridgehead atoms. The van der Waals surface area contributed by atoms with Crippen molar-refractivity contribution in [3.63, 3.8) is 0 Å². The van der Waals surface area contributed by atoms with Crippen LogP contribution in [0.3, 0.4) is 0 Å². The Morgan fingerprint density at radius 3 is 2.47 bits per heavy atom. The Hall–Kier alpha value is -1.09. The van der Waals surface area contributed by atoms with Crippen LogP contribution in [-0.2, 0) is 6.42 Å². The minimum absolute atomic E-state index is 0.0834. The molecule has 0 aliphatic heterocycles. The summed E-state index contributed by atoms with van der Waals surface area (Å²) in [5.74, 6) is -0.885. The van der Waals surface area contributed by atoms with Gasteiger partial charge in [0.2, 0.25) is 0 Å². The molecule has 98 valence electrons. The third-order valence-corrected chi connectivity index (χ3v) is 3.72. The predicted octanol–water partition coefficient (Wildman–Crippen LogP) is 5.21. The third-order valence-electron chi connectivity index (χ3n) is 2.60. The topological polar surface area (TPSA) is 17.1 Å². The smallest absolute Gasteiger partial charge is 0.168 e. The number of hydrogen-bond donors (Lipinski definition) is 0. The van der Waals surface area contributed by atoms with E-state index >= 15 is 0 Å². The molecule has 0 amide bonds. The molecule has 0 N–H and O–H groups in total. The first-order chi connectivity index (χ1) is 8.99. The average Bonchev–Trinajstić information content (AvgIpc) is 2.37. The van der Waals surface area contributed by atoms with E-state index in [1.165, 1.54) is 18.2 Å². The molecule has 0 radical (unpaired) electrons. The molecule has 0 fully saturated rings. The van der Waals surface area contributed by atoms with Gasteiger partial charge >= 0.3 is 0 Å². The van der Waals surface area contributed by atoms with Gasteiger partial charge in [0, 0.05) is 12.0 Å². The molecule has 0 saturated carbocycles. The van der Waals surface area contributed by atoms with Crippen molar-refractivity contribution in [1.82, 2.24) is 0 Å². The highest BCUT2D eigenvalue weighted by Gasteiger charge is 2.14. The Bertz CT molecular complexity index is 641. The molecule has 1 nitrogen and oxygen atoms in total. The van der Waals surface area contributed by atoms with E-state index in [1.54, 1.807) is 18.2 Å². The summed E-state index contributed by atoms with van der Waals surface area (Å²) >= 11 is 17.4. The maximum atomic E-state index is 13.3. The number of benzene rings is 2. The highest BCUT2D eigenvalue weighted by molar-refractivity contribution is 6.42. The molecule has 0 saturated heterocycles. The number of carbonyl (C=O) groups excluding carboxylic acids is 1. The molecular weight excluding hydrogens is 310 g/mol. The van der Waals surface area contributed by atoms with Crippen LogP contribution in [0.1, 0.15) is 15.9 Å². The molecule has 2 aromatic rings. The fourth-order valence-corrected chi connectivity index (χ4v) is 2.20. The SMILES string of the molecule is O=C(Cc1ccc(Cl)c(Cl)c1)c1cccc(F)c1Cl. The van der Waals surface area contributed by atoms with Crippen molar-refractivity contribution in [2.24, 2.45) is 0 Å². The first kappa shape index (κ1) is 14.3. The average molecular weight is 318 g/mol. The van der Waals surface area contributed by atoms with Gasteiger partial charge in [0.15, 0.2) is 5.78 Å². The first-order valence-electron chi connectivity index (χ1n) is 5.40. The van der Waals surface area contributed by atoms with Gasteiger partial charge in [-0.2, -0.15) is 0 Å². The summed E-state index contributed by atoms with van der Waals surface area (Å²) in [7, 11) is 0. The standard InChI is InChI=1S/C14H8Cl3FO/c15-10-5-4-8(6-11(10)16)7-13(19)9-2-1-3-12(18)14(9)17/h1-6H,7H2. The van der Waals surface area contributed by atoms with Crippen LogP contribution < -0.4 is 0 Å². The maximum Gasteiger partial charge on any atom is 0.168 e. The number of carbonyl (C=O) groups is 1. The molecule has 0 spiro atoms. The van der Waals surface area contributed by atoms with E-state index in [0.717, 1.165) is 0 Å². The predicted molar refractivity (Wildman–Crippen MR) is 75.9 cm³/mol. The lowest BCUT2D eigenvalue weighted by Gasteiger charge is -2.05. The van der Waals surface area contributed by atoms with Crippen molar-refractivity contribution in [2.75, 3.05) is 0 Å². The van der Waals surface area contributed by atoms with Crippen LogP contribution in [0.4, 0.5) is 4.39 Å². The van der Waals surface area contributed by atoms with Gasteiger partial charge in [0.1, 0.15) is 5.82 Å². The normalized spacial score (nSPS) is 10.5. The second-order valence-electron chi connectivity index (χ2n) is 3.95. The Morgan fingerprint density at radius 2 is 1.79 bits per heavy atom. The molecule has 0 aliphatic carbocycles. The molecule has 0 aromatic heterocycles. The zero-order chi connectivity index (χ0) is 14.0. The zero-order valence-electron chi connectivity index (χ0n) is 9.59. The van der Waals surface area contributed by atoms with E-state index in [9.17, 15) is 9.18 Å². The monoisotopic (exact) mass is 316 g/mol. The van der Waals surface area contributed by atoms with Crippen molar-refractivity contribution in [1.29, 1.82) is 0 Å². The summed E-state index contributed by atoms with van der Waals surface area (Å²) in [5, 5.41) is 0.631. The van der Waals surface area contributed by atoms with E-state index < -0.39 is 5.82 Å². The molecule has 0 atom stereocenters. The highest BCUT2D eigenvalue weighted by Crippen LogP contribution is 2.25. The Labute approximate surface area is 124 Å². The van der Waals surface area contributed by atoms with Gasteiger partial charge in [-0.1, -0.05) is 46.9 Å². The van der Waals surface area contributed by atoms with Crippen LogP contribution in [0.5, 0.6) is 0 Å². The third kappa shape index (κ3) is 3.27. The van der Waals surface area contributed by atoms with Crippen LogP contribution >= 0.6 is 34.8 Å². The Morgan fingerprint density at radius 1 is 1.05 bits per heavy atom. The molecule has 0 heterocycles. The molecule has 0 unspecified atom stereocenters. The summed E-state index contributed by atoms with van der Waals surface area (Å²) in [6, 6.07) is 9.06. The fraction of sp³-hybridized carbons (Fsp3) is 0.0714. The molecule has 0 aliphatic rings. The molecule has 2 aromatic carbocycles. The first-order valence-corrected chi connectivity index (χ1v) is 6.53. The summed E-state index contributed by atoms with van der Waals surface area (Å²) < 4.78 is 13.3. The summed E-state index contributed by atoms with van der Waals surface area (Å²) in [5.41, 5.74) is 0.854. The van der Waals surface area contributed by atoms with Crippen molar-refractivity contribution >= 4 is 40.6 Å². The van der Waals surface area contributed by atoms with Crippen molar-refractivity contribution in [3.05, 3.63) is 68.4 Å². The van der Waals surface area contributed by atoms with Gasteiger partial charge in [-0.15, -0.1) is 0 Å². The van der Waals surface area contributed by atoms with Gasteiger partial charge in [0.25, 0.3) is 0 Å². The summed E-state index contributed by atoms with van der Waals surface area (Å²) in [4.78, 5) is 12.1. The van der Waals surface area contributed by atoms with Crippen LogP contribution in [0.2, 0.25) is 15.1 Å². The minimum Gasteiger partial charge on any atom is -0.294 e. The lowest BCUT2D eigenvalue weighted by atomic mass is 10.0. The van der Waals surface area contributed by atoms with E-state index in [-0.39, 0.29) is 22.8 Å². The van der Waals surface area contributed by atoms with E-state index in [0.29, 0.717) is 15.6 Å². The second kappa shape index (κ2) is 5.91. The largest absolute Gasteiger partial charge is 0.294 e.